The smallest absolute Gasteiger partial charge is 0.0380 e. The molecule has 1 unspecified atom stereocenters. The zero-order valence-electron chi connectivity index (χ0n) is 9.54. The van der Waals surface area contributed by atoms with E-state index in [2.05, 4.69) is 43.4 Å². The molecule has 0 aliphatic rings. The summed E-state index contributed by atoms with van der Waals surface area (Å²) in [6.45, 7) is 5.45. The fourth-order valence-corrected chi connectivity index (χ4v) is 1.70. The van der Waals surface area contributed by atoms with Crippen LogP contribution in [0.4, 0.5) is 0 Å². The molecule has 0 saturated carbocycles. The predicted molar refractivity (Wildman–Crippen MR) is 67.5 cm³/mol. The van der Waals surface area contributed by atoms with Crippen molar-refractivity contribution in [2.24, 2.45) is 5.92 Å². The SMILES string of the molecule is CC(C)CNC(CCl)Cc1ccccc1. The van der Waals surface area contributed by atoms with Crippen molar-refractivity contribution in [3.63, 3.8) is 0 Å². The summed E-state index contributed by atoms with van der Waals surface area (Å²) < 4.78 is 0. The highest BCUT2D eigenvalue weighted by Crippen LogP contribution is 2.05. The van der Waals surface area contributed by atoms with Gasteiger partial charge in [-0.1, -0.05) is 44.2 Å². The van der Waals surface area contributed by atoms with Crippen LogP contribution in [0.1, 0.15) is 19.4 Å². The molecule has 1 atom stereocenters. The van der Waals surface area contributed by atoms with E-state index in [1.807, 2.05) is 6.07 Å². The van der Waals surface area contributed by atoms with Crippen molar-refractivity contribution in [3.05, 3.63) is 35.9 Å². The lowest BCUT2D eigenvalue weighted by atomic mass is 10.1. The van der Waals surface area contributed by atoms with Gasteiger partial charge in [0.25, 0.3) is 0 Å². The van der Waals surface area contributed by atoms with Crippen molar-refractivity contribution in [2.75, 3.05) is 12.4 Å². The van der Waals surface area contributed by atoms with Crippen LogP contribution in [0.2, 0.25) is 0 Å². The van der Waals surface area contributed by atoms with Gasteiger partial charge >= 0.3 is 0 Å². The molecule has 0 aliphatic carbocycles. The zero-order valence-corrected chi connectivity index (χ0v) is 10.3. The summed E-state index contributed by atoms with van der Waals surface area (Å²) in [5.74, 6) is 1.34. The van der Waals surface area contributed by atoms with Gasteiger partial charge in [-0.2, -0.15) is 0 Å². The van der Waals surface area contributed by atoms with Crippen LogP contribution in [-0.4, -0.2) is 18.5 Å². The molecule has 0 aliphatic heterocycles. The van der Waals surface area contributed by atoms with Crippen molar-refractivity contribution in [1.82, 2.24) is 5.32 Å². The lowest BCUT2D eigenvalue weighted by Crippen LogP contribution is -2.35. The van der Waals surface area contributed by atoms with E-state index >= 15 is 0 Å². The highest BCUT2D eigenvalue weighted by atomic mass is 35.5. The molecule has 0 spiro atoms. The molecule has 0 radical (unpaired) electrons. The van der Waals surface area contributed by atoms with Crippen LogP contribution in [0.25, 0.3) is 0 Å². The average Bonchev–Trinajstić information content (AvgIpc) is 2.25. The van der Waals surface area contributed by atoms with E-state index < -0.39 is 0 Å². The predicted octanol–water partition coefficient (Wildman–Crippen LogP) is 3.08. The molecule has 1 nitrogen and oxygen atoms in total. The summed E-state index contributed by atoms with van der Waals surface area (Å²) in [5.41, 5.74) is 1.35. The first kappa shape index (κ1) is 12.5. The first-order chi connectivity index (χ1) is 7.22. The van der Waals surface area contributed by atoms with Gasteiger partial charge in [0.1, 0.15) is 0 Å². The Hall–Kier alpha value is -0.530. The summed E-state index contributed by atoms with van der Waals surface area (Å²) >= 11 is 5.94. The summed E-state index contributed by atoms with van der Waals surface area (Å²) in [6, 6.07) is 10.9. The minimum atomic E-state index is 0.386. The van der Waals surface area contributed by atoms with E-state index in [9.17, 15) is 0 Å². The van der Waals surface area contributed by atoms with Crippen LogP contribution < -0.4 is 5.32 Å². The second-order valence-corrected chi connectivity index (χ2v) is 4.65. The third kappa shape index (κ3) is 5.19. The van der Waals surface area contributed by atoms with Crippen molar-refractivity contribution < 1.29 is 0 Å². The van der Waals surface area contributed by atoms with E-state index in [-0.39, 0.29) is 0 Å². The molecule has 2 heteroatoms. The zero-order chi connectivity index (χ0) is 11.1. The van der Waals surface area contributed by atoms with Crippen LogP contribution in [0, 0.1) is 5.92 Å². The Bertz CT molecular complexity index is 258. The Morgan fingerprint density at radius 2 is 1.87 bits per heavy atom. The van der Waals surface area contributed by atoms with Crippen LogP contribution in [0.15, 0.2) is 30.3 Å². The topological polar surface area (TPSA) is 12.0 Å². The van der Waals surface area contributed by atoms with Gasteiger partial charge in [0, 0.05) is 11.9 Å². The number of nitrogens with one attached hydrogen (secondary N) is 1. The van der Waals surface area contributed by atoms with Crippen LogP contribution >= 0.6 is 11.6 Å². The fraction of sp³-hybridized carbons (Fsp3) is 0.538. The molecule has 84 valence electrons. The largest absolute Gasteiger partial charge is 0.312 e. The van der Waals surface area contributed by atoms with Gasteiger partial charge in [0.05, 0.1) is 0 Å². The van der Waals surface area contributed by atoms with Crippen molar-refractivity contribution in [3.8, 4) is 0 Å². The third-order valence-electron chi connectivity index (χ3n) is 2.33. The quantitative estimate of drug-likeness (QED) is 0.734. The summed E-state index contributed by atoms with van der Waals surface area (Å²) in [6.07, 6.45) is 1.01. The summed E-state index contributed by atoms with van der Waals surface area (Å²) in [4.78, 5) is 0. The number of hydrogen-bond acceptors (Lipinski definition) is 1. The molecular weight excluding hydrogens is 206 g/mol. The first-order valence-electron chi connectivity index (χ1n) is 5.55. The fourth-order valence-electron chi connectivity index (χ4n) is 1.48. The van der Waals surface area contributed by atoms with Crippen LogP contribution in [0.5, 0.6) is 0 Å². The van der Waals surface area contributed by atoms with Crippen molar-refractivity contribution >= 4 is 11.6 Å². The molecule has 15 heavy (non-hydrogen) atoms. The Kier molecular flexibility index (Phi) is 5.74. The van der Waals surface area contributed by atoms with Gasteiger partial charge in [-0.15, -0.1) is 11.6 Å². The van der Waals surface area contributed by atoms with Gasteiger partial charge in [0.2, 0.25) is 0 Å². The average molecular weight is 226 g/mol. The molecular formula is C13H20ClN. The van der Waals surface area contributed by atoms with E-state index in [1.54, 1.807) is 0 Å². The van der Waals surface area contributed by atoms with E-state index in [0.717, 1.165) is 13.0 Å². The molecule has 0 aromatic heterocycles. The standard InChI is InChI=1S/C13H20ClN/c1-11(2)10-15-13(9-14)8-12-6-4-3-5-7-12/h3-7,11,13,15H,8-10H2,1-2H3. The summed E-state index contributed by atoms with van der Waals surface area (Å²) in [5, 5.41) is 3.49. The van der Waals surface area contributed by atoms with Crippen LogP contribution in [0.3, 0.4) is 0 Å². The number of rotatable bonds is 6. The maximum atomic E-state index is 5.94. The molecule has 1 aromatic carbocycles. The number of benzene rings is 1. The molecule has 1 N–H and O–H groups in total. The van der Waals surface area contributed by atoms with E-state index in [4.69, 9.17) is 11.6 Å². The highest BCUT2D eigenvalue weighted by Gasteiger charge is 2.07. The van der Waals surface area contributed by atoms with Gasteiger partial charge in [-0.3, -0.25) is 0 Å². The molecule has 0 fully saturated rings. The Labute approximate surface area is 97.8 Å². The van der Waals surface area contributed by atoms with Gasteiger partial charge in [-0.25, -0.2) is 0 Å². The van der Waals surface area contributed by atoms with E-state index in [1.165, 1.54) is 5.56 Å². The molecule has 1 aromatic rings. The van der Waals surface area contributed by atoms with Crippen LogP contribution in [-0.2, 0) is 6.42 Å². The summed E-state index contributed by atoms with van der Waals surface area (Å²) in [7, 11) is 0. The maximum Gasteiger partial charge on any atom is 0.0380 e. The molecule has 1 rings (SSSR count). The Morgan fingerprint density at radius 1 is 1.20 bits per heavy atom. The maximum absolute atomic E-state index is 5.94. The minimum Gasteiger partial charge on any atom is -0.312 e. The number of alkyl halides is 1. The van der Waals surface area contributed by atoms with Gasteiger partial charge < -0.3 is 5.32 Å². The molecule has 0 saturated heterocycles. The van der Waals surface area contributed by atoms with Gasteiger partial charge in [0.15, 0.2) is 0 Å². The van der Waals surface area contributed by atoms with Crippen molar-refractivity contribution in [1.29, 1.82) is 0 Å². The van der Waals surface area contributed by atoms with Gasteiger partial charge in [-0.05, 0) is 24.4 Å². The normalized spacial score (nSPS) is 13.1. The Balaban J connectivity index is 2.40. The lowest BCUT2D eigenvalue weighted by molar-refractivity contribution is 0.485. The second kappa shape index (κ2) is 6.86. The first-order valence-corrected chi connectivity index (χ1v) is 6.09. The number of hydrogen-bond donors (Lipinski definition) is 1. The third-order valence-corrected chi connectivity index (χ3v) is 2.70. The number of halogens is 1. The second-order valence-electron chi connectivity index (χ2n) is 4.34. The molecule has 0 amide bonds. The monoisotopic (exact) mass is 225 g/mol. The molecule has 0 heterocycles. The minimum absolute atomic E-state index is 0.386. The lowest BCUT2D eigenvalue weighted by Gasteiger charge is -2.17. The van der Waals surface area contributed by atoms with Crippen molar-refractivity contribution in [2.45, 2.75) is 26.3 Å². The van der Waals surface area contributed by atoms with E-state index in [0.29, 0.717) is 17.8 Å². The Morgan fingerprint density at radius 3 is 2.40 bits per heavy atom. The highest BCUT2D eigenvalue weighted by molar-refractivity contribution is 6.18. The molecule has 0 bridgehead atoms.